The summed E-state index contributed by atoms with van der Waals surface area (Å²) in [6, 6.07) is 6.04. The van der Waals surface area contributed by atoms with Gasteiger partial charge in [-0.25, -0.2) is 4.90 Å². The molecule has 2 aliphatic rings. The lowest BCUT2D eigenvalue weighted by Gasteiger charge is -2.32. The van der Waals surface area contributed by atoms with Crippen LogP contribution in [0.2, 0.25) is 0 Å². The minimum absolute atomic E-state index is 0.0840. The zero-order valence-corrected chi connectivity index (χ0v) is 18.1. The fourth-order valence-corrected chi connectivity index (χ4v) is 4.50. The first kappa shape index (κ1) is 22.1. The van der Waals surface area contributed by atoms with Crippen LogP contribution < -0.4 is 0 Å². The molecule has 1 atom stereocenters. The van der Waals surface area contributed by atoms with Gasteiger partial charge < -0.3 is 9.64 Å². The Morgan fingerprint density at radius 3 is 2.34 bits per heavy atom. The van der Waals surface area contributed by atoms with Crippen LogP contribution in [0.25, 0.3) is 0 Å². The molecule has 2 aliphatic heterocycles. The van der Waals surface area contributed by atoms with E-state index in [0.717, 1.165) is 12.2 Å². The number of hydrogen-bond acceptors (Lipinski definition) is 6. The number of alkyl halides is 2. The van der Waals surface area contributed by atoms with Crippen molar-refractivity contribution >= 4 is 58.6 Å². The molecule has 1 saturated heterocycles. The number of hydrogen-bond donors (Lipinski definition) is 0. The Hall–Kier alpha value is -1.61. The molecule has 1 unspecified atom stereocenters. The van der Waals surface area contributed by atoms with Crippen LogP contribution in [-0.4, -0.2) is 68.6 Å². The van der Waals surface area contributed by atoms with Gasteiger partial charge in [-0.15, -0.1) is 11.8 Å². The van der Waals surface area contributed by atoms with Crippen LogP contribution in [0.1, 0.15) is 40.5 Å². The summed E-state index contributed by atoms with van der Waals surface area (Å²) in [6.07, 6.45) is -0.110. The number of nitrogens with zero attached hydrogens (tertiary/aromatic N) is 2. The highest BCUT2D eigenvalue weighted by molar-refractivity contribution is 7.99. The first-order valence-corrected chi connectivity index (χ1v) is 11.1. The van der Waals surface area contributed by atoms with E-state index in [4.69, 9.17) is 27.9 Å². The average Bonchev–Trinajstić information content (AvgIpc) is 3.32. The third-order valence-corrected chi connectivity index (χ3v) is 6.37. The topological polar surface area (TPSA) is 84.0 Å². The number of halogens is 2. The van der Waals surface area contributed by atoms with Crippen molar-refractivity contribution in [1.29, 1.82) is 0 Å². The average molecular weight is 459 g/mol. The minimum Gasteiger partial charge on any atom is -0.365 e. The number of fused-ring (bicyclic) bond motifs is 1. The van der Waals surface area contributed by atoms with E-state index in [1.54, 1.807) is 23.9 Å². The van der Waals surface area contributed by atoms with Gasteiger partial charge in [0, 0.05) is 18.9 Å². The molecule has 0 bridgehead atoms. The molecule has 0 radical (unpaired) electrons. The molecule has 29 heavy (non-hydrogen) atoms. The molecule has 0 aliphatic carbocycles. The maximum absolute atomic E-state index is 13.1. The van der Waals surface area contributed by atoms with Crippen LogP contribution in [0.5, 0.6) is 0 Å². The predicted molar refractivity (Wildman–Crippen MR) is 110 cm³/mol. The smallest absolute Gasteiger partial charge is 0.276 e. The van der Waals surface area contributed by atoms with Crippen molar-refractivity contribution in [2.45, 2.75) is 30.2 Å². The molecule has 0 aromatic heterocycles. The van der Waals surface area contributed by atoms with E-state index in [2.05, 4.69) is 0 Å². The fraction of sp³-hybridized carbons (Fsp3) is 0.474. The van der Waals surface area contributed by atoms with Crippen LogP contribution in [0.15, 0.2) is 24.3 Å². The summed E-state index contributed by atoms with van der Waals surface area (Å²) >= 11 is 14.3. The van der Waals surface area contributed by atoms with Crippen molar-refractivity contribution in [2.75, 3.05) is 24.8 Å². The summed E-state index contributed by atoms with van der Waals surface area (Å²) in [6.45, 7) is 2.57. The molecule has 0 saturated carbocycles. The van der Waals surface area contributed by atoms with Gasteiger partial charge in [-0.3, -0.25) is 19.2 Å². The highest BCUT2D eigenvalue weighted by Crippen LogP contribution is 2.35. The highest BCUT2D eigenvalue weighted by atomic mass is 35.5. The number of rotatable bonds is 7. The van der Waals surface area contributed by atoms with Crippen molar-refractivity contribution in [3.8, 4) is 0 Å². The van der Waals surface area contributed by atoms with Gasteiger partial charge in [0.1, 0.15) is 0 Å². The van der Waals surface area contributed by atoms with Crippen LogP contribution >= 0.6 is 35.0 Å². The number of thioether (sulfide) groups is 1. The minimum atomic E-state index is -2.44. The monoisotopic (exact) mass is 458 g/mol. The Bertz CT molecular complexity index is 807. The Balaban J connectivity index is 1.88. The number of carbonyl (C=O) groups is 4. The van der Waals surface area contributed by atoms with Gasteiger partial charge in [-0.05, 0) is 18.6 Å². The molecule has 1 aromatic rings. The summed E-state index contributed by atoms with van der Waals surface area (Å²) in [5.74, 6) is -2.19. The van der Waals surface area contributed by atoms with E-state index in [0.29, 0.717) is 23.7 Å². The van der Waals surface area contributed by atoms with Crippen molar-refractivity contribution in [3.05, 3.63) is 35.4 Å². The number of unbranched alkanes of at least 4 members (excludes halogenated alkanes) is 1. The van der Waals surface area contributed by atoms with E-state index in [1.165, 1.54) is 17.0 Å². The number of amides is 4. The zero-order valence-electron chi connectivity index (χ0n) is 15.7. The van der Waals surface area contributed by atoms with Gasteiger partial charge in [-0.1, -0.05) is 48.7 Å². The van der Waals surface area contributed by atoms with Gasteiger partial charge in [0.05, 0.1) is 17.0 Å². The second-order valence-corrected chi connectivity index (χ2v) is 9.12. The van der Waals surface area contributed by atoms with Gasteiger partial charge in [0.25, 0.3) is 23.6 Å². The van der Waals surface area contributed by atoms with E-state index in [-0.39, 0.29) is 17.7 Å². The predicted octanol–water partition coefficient (Wildman–Crippen LogP) is 2.70. The number of carbonyl (C=O) groups excluding carboxylic acids is 4. The number of imide groups is 3. The van der Waals surface area contributed by atoms with E-state index in [1.807, 2.05) is 6.92 Å². The summed E-state index contributed by atoms with van der Waals surface area (Å²) in [4.78, 5) is 53.2. The normalized spacial score (nSPS) is 17.6. The van der Waals surface area contributed by atoms with E-state index < -0.39 is 34.1 Å². The van der Waals surface area contributed by atoms with Crippen LogP contribution in [0.4, 0.5) is 0 Å². The third-order valence-electron chi connectivity index (χ3n) is 4.68. The Morgan fingerprint density at radius 2 is 1.83 bits per heavy atom. The molecule has 2 heterocycles. The molecule has 156 valence electrons. The van der Waals surface area contributed by atoms with Crippen molar-refractivity contribution in [1.82, 2.24) is 9.80 Å². The zero-order chi connectivity index (χ0) is 21.2. The van der Waals surface area contributed by atoms with Crippen LogP contribution in [0.3, 0.4) is 0 Å². The lowest BCUT2D eigenvalue weighted by atomic mass is 10.1. The summed E-state index contributed by atoms with van der Waals surface area (Å²) in [5.41, 5.74) is 0.168. The van der Waals surface area contributed by atoms with Crippen molar-refractivity contribution in [3.63, 3.8) is 0 Å². The van der Waals surface area contributed by atoms with Crippen LogP contribution in [-0.2, 0) is 14.3 Å². The molecule has 1 aromatic carbocycles. The van der Waals surface area contributed by atoms with Gasteiger partial charge in [0.2, 0.25) is 4.33 Å². The largest absolute Gasteiger partial charge is 0.365 e. The molecule has 1 fully saturated rings. The number of benzene rings is 1. The molecule has 7 nitrogen and oxygen atoms in total. The fourth-order valence-electron chi connectivity index (χ4n) is 3.07. The first-order valence-electron chi connectivity index (χ1n) is 9.18. The molecular formula is C19H20Cl2N2O5S. The SMILES string of the molecule is CCCCOC(C(=O)N1CCSC1)C(Cl)(Cl)C(=O)N1C(=O)c2ccccc2C1=O. The maximum atomic E-state index is 13.1. The Morgan fingerprint density at radius 1 is 1.21 bits per heavy atom. The van der Waals surface area contributed by atoms with E-state index in [9.17, 15) is 19.2 Å². The van der Waals surface area contributed by atoms with Crippen LogP contribution in [0, 0.1) is 0 Å². The lowest BCUT2D eigenvalue weighted by molar-refractivity contribution is -0.148. The third kappa shape index (κ3) is 4.17. The maximum Gasteiger partial charge on any atom is 0.276 e. The standard InChI is InChI=1S/C19H20Cl2N2O5S/c1-2-3-9-28-14(17(26)22-8-10-29-11-22)19(20,21)18(27)23-15(24)12-6-4-5-7-13(12)16(23)25/h4-7,14H,2-3,8-11H2,1H3. The molecule has 4 amide bonds. The number of ether oxygens (including phenoxy) is 1. The molecular weight excluding hydrogens is 439 g/mol. The quantitative estimate of drug-likeness (QED) is 0.354. The highest BCUT2D eigenvalue weighted by Gasteiger charge is 2.55. The van der Waals surface area contributed by atoms with Gasteiger partial charge >= 0.3 is 0 Å². The van der Waals surface area contributed by atoms with Crippen molar-refractivity contribution < 1.29 is 23.9 Å². The summed E-state index contributed by atoms with van der Waals surface area (Å²) < 4.78 is 3.18. The molecule has 0 spiro atoms. The molecule has 10 heteroatoms. The second kappa shape index (κ2) is 9.04. The second-order valence-electron chi connectivity index (χ2n) is 6.66. The summed E-state index contributed by atoms with van der Waals surface area (Å²) in [5, 5.41) is 0. The first-order chi connectivity index (χ1) is 13.8. The Kier molecular flexibility index (Phi) is 6.88. The van der Waals surface area contributed by atoms with E-state index >= 15 is 0 Å². The lowest BCUT2D eigenvalue weighted by Crippen LogP contribution is -2.57. The van der Waals surface area contributed by atoms with Gasteiger partial charge in [0.15, 0.2) is 6.10 Å². The van der Waals surface area contributed by atoms with Gasteiger partial charge in [-0.2, -0.15) is 0 Å². The molecule has 0 N–H and O–H groups in total. The molecule has 3 rings (SSSR count). The van der Waals surface area contributed by atoms with Crippen molar-refractivity contribution in [2.24, 2.45) is 0 Å². The summed E-state index contributed by atoms with van der Waals surface area (Å²) in [7, 11) is 0. The Labute approximate surface area is 182 Å².